The highest BCUT2D eigenvalue weighted by molar-refractivity contribution is 14.0. The zero-order valence-corrected chi connectivity index (χ0v) is 19.1. The molecule has 1 aromatic carbocycles. The summed E-state index contributed by atoms with van der Waals surface area (Å²) in [5.41, 5.74) is 0. The molecule has 0 amide bonds. The van der Waals surface area contributed by atoms with Crippen molar-refractivity contribution < 1.29 is 5.11 Å². The molecule has 3 N–H and O–H groups in total. The van der Waals surface area contributed by atoms with Gasteiger partial charge in [0.1, 0.15) is 6.10 Å². The van der Waals surface area contributed by atoms with Crippen LogP contribution in [0.5, 0.6) is 0 Å². The molecule has 3 rings (SSSR count). The number of hydrogen-bond donors (Lipinski definition) is 3. The first kappa shape index (κ1) is 22.4. The van der Waals surface area contributed by atoms with E-state index in [4.69, 9.17) is 0 Å². The number of fused-ring (bicyclic) bond motifs is 1. The van der Waals surface area contributed by atoms with Crippen LogP contribution in [0.15, 0.2) is 35.3 Å². The average molecular weight is 502 g/mol. The maximum Gasteiger partial charge on any atom is 0.191 e. The van der Waals surface area contributed by atoms with Crippen LogP contribution >= 0.6 is 35.3 Å². The average Bonchev–Trinajstić information content (AvgIpc) is 2.93. The standard InChI is InChI=1S/C20H30N4OS.HI/c1-21-20(22-10-13-24-11-6-2-3-7-12-24)23-15-17(25)19-14-16-8-4-5-9-18(16)26-19;/h4-5,8-9,14,17,25H,2-3,6-7,10-13,15H2,1H3,(H2,21,22,23);1H. The van der Waals surface area contributed by atoms with Crippen molar-refractivity contribution in [3.8, 4) is 0 Å². The summed E-state index contributed by atoms with van der Waals surface area (Å²) < 4.78 is 1.21. The molecule has 150 valence electrons. The van der Waals surface area contributed by atoms with Gasteiger partial charge in [-0.15, -0.1) is 35.3 Å². The van der Waals surface area contributed by atoms with E-state index in [2.05, 4.69) is 38.7 Å². The summed E-state index contributed by atoms with van der Waals surface area (Å²) in [6.45, 7) is 4.78. The van der Waals surface area contributed by atoms with Crippen LogP contribution in [0.1, 0.15) is 36.7 Å². The first-order chi connectivity index (χ1) is 12.8. The summed E-state index contributed by atoms with van der Waals surface area (Å²) in [6.07, 6.45) is 4.82. The van der Waals surface area contributed by atoms with Crippen molar-refractivity contribution in [2.75, 3.05) is 39.8 Å². The lowest BCUT2D eigenvalue weighted by atomic mass is 10.2. The largest absolute Gasteiger partial charge is 0.386 e. The number of aliphatic hydroxyl groups excluding tert-OH is 1. The Morgan fingerprint density at radius 2 is 1.93 bits per heavy atom. The van der Waals surface area contributed by atoms with Gasteiger partial charge in [0.05, 0.1) is 0 Å². The minimum Gasteiger partial charge on any atom is -0.386 e. The third-order valence-electron chi connectivity index (χ3n) is 4.88. The number of likely N-dealkylation sites (tertiary alicyclic amines) is 1. The summed E-state index contributed by atoms with van der Waals surface area (Å²) in [4.78, 5) is 7.78. The zero-order valence-electron chi connectivity index (χ0n) is 16.0. The predicted molar refractivity (Wildman–Crippen MR) is 126 cm³/mol. The summed E-state index contributed by atoms with van der Waals surface area (Å²) in [6, 6.07) is 10.3. The molecule has 0 aliphatic carbocycles. The fourth-order valence-electron chi connectivity index (χ4n) is 3.37. The molecule has 1 aliphatic heterocycles. The minimum absolute atomic E-state index is 0. The number of rotatable bonds is 6. The summed E-state index contributed by atoms with van der Waals surface area (Å²) >= 11 is 1.65. The quantitative estimate of drug-likeness (QED) is 0.321. The Kier molecular flexibility index (Phi) is 9.81. The fraction of sp³-hybridized carbons (Fsp3) is 0.550. The molecule has 1 unspecified atom stereocenters. The van der Waals surface area contributed by atoms with E-state index in [9.17, 15) is 5.11 Å². The van der Waals surface area contributed by atoms with E-state index in [0.717, 1.165) is 23.9 Å². The number of aliphatic hydroxyl groups is 1. The first-order valence-electron chi connectivity index (χ1n) is 9.59. The maximum atomic E-state index is 10.5. The zero-order chi connectivity index (χ0) is 18.2. The van der Waals surface area contributed by atoms with E-state index < -0.39 is 6.10 Å². The van der Waals surface area contributed by atoms with Crippen LogP contribution in [0.25, 0.3) is 10.1 Å². The lowest BCUT2D eigenvalue weighted by Gasteiger charge is -2.21. The molecular weight excluding hydrogens is 471 g/mol. The van der Waals surface area contributed by atoms with Gasteiger partial charge in [0, 0.05) is 36.3 Å². The van der Waals surface area contributed by atoms with Crippen LogP contribution in [0.4, 0.5) is 0 Å². The molecule has 1 aliphatic rings. The number of aliphatic imine (C=N–C) groups is 1. The molecule has 27 heavy (non-hydrogen) atoms. The minimum atomic E-state index is -0.531. The Labute approximate surface area is 183 Å². The number of hydrogen-bond acceptors (Lipinski definition) is 4. The van der Waals surface area contributed by atoms with Gasteiger partial charge in [0.25, 0.3) is 0 Å². The van der Waals surface area contributed by atoms with Crippen molar-refractivity contribution in [3.63, 3.8) is 0 Å². The van der Waals surface area contributed by atoms with E-state index in [-0.39, 0.29) is 24.0 Å². The number of guanidine groups is 1. The van der Waals surface area contributed by atoms with Gasteiger partial charge in [0.2, 0.25) is 0 Å². The molecule has 0 radical (unpaired) electrons. The SMILES string of the molecule is CN=C(NCCN1CCCCCC1)NCC(O)c1cc2ccccc2s1.I. The number of thiophene rings is 1. The van der Waals surface area contributed by atoms with Gasteiger partial charge >= 0.3 is 0 Å². The van der Waals surface area contributed by atoms with Gasteiger partial charge in [-0.1, -0.05) is 31.0 Å². The van der Waals surface area contributed by atoms with E-state index in [1.165, 1.54) is 48.9 Å². The van der Waals surface area contributed by atoms with Gasteiger partial charge in [-0.25, -0.2) is 0 Å². The highest BCUT2D eigenvalue weighted by Crippen LogP contribution is 2.29. The normalized spacial score (nSPS) is 17.2. The van der Waals surface area contributed by atoms with Crippen LogP contribution in [0, 0.1) is 0 Å². The van der Waals surface area contributed by atoms with Crippen LogP contribution in [-0.4, -0.2) is 55.7 Å². The molecule has 0 spiro atoms. The topological polar surface area (TPSA) is 59.9 Å². The second kappa shape index (κ2) is 11.8. The predicted octanol–water partition coefficient (Wildman–Crippen LogP) is 3.59. The smallest absolute Gasteiger partial charge is 0.191 e. The number of nitrogens with zero attached hydrogens (tertiary/aromatic N) is 2. The van der Waals surface area contributed by atoms with Crippen molar-refractivity contribution in [1.29, 1.82) is 0 Å². The van der Waals surface area contributed by atoms with Crippen LogP contribution in [0.3, 0.4) is 0 Å². The monoisotopic (exact) mass is 502 g/mol. The highest BCUT2D eigenvalue weighted by atomic mass is 127. The van der Waals surface area contributed by atoms with Crippen LogP contribution < -0.4 is 10.6 Å². The summed E-state index contributed by atoms with van der Waals surface area (Å²) in [5.74, 6) is 0.750. The second-order valence-electron chi connectivity index (χ2n) is 6.84. The molecular formula is C20H31IN4OS. The Balaban J connectivity index is 0.00000261. The molecule has 1 atom stereocenters. The second-order valence-corrected chi connectivity index (χ2v) is 7.95. The molecule has 0 saturated carbocycles. The van der Waals surface area contributed by atoms with Crippen molar-refractivity contribution in [3.05, 3.63) is 35.2 Å². The Morgan fingerprint density at radius 3 is 2.63 bits per heavy atom. The number of benzene rings is 1. The molecule has 1 fully saturated rings. The molecule has 1 saturated heterocycles. The Bertz CT molecular complexity index is 680. The molecule has 2 aromatic rings. The molecule has 0 bridgehead atoms. The number of halogens is 1. The van der Waals surface area contributed by atoms with E-state index >= 15 is 0 Å². The maximum absolute atomic E-state index is 10.5. The van der Waals surface area contributed by atoms with E-state index in [0.29, 0.717) is 6.54 Å². The lowest BCUT2D eigenvalue weighted by Crippen LogP contribution is -2.43. The summed E-state index contributed by atoms with van der Waals surface area (Å²) in [5, 5.41) is 18.3. The molecule has 5 nitrogen and oxygen atoms in total. The highest BCUT2D eigenvalue weighted by Gasteiger charge is 2.12. The van der Waals surface area contributed by atoms with Gasteiger partial charge < -0.3 is 20.6 Å². The van der Waals surface area contributed by atoms with Crippen molar-refractivity contribution in [2.24, 2.45) is 4.99 Å². The van der Waals surface area contributed by atoms with Gasteiger partial charge in [0.15, 0.2) is 5.96 Å². The van der Waals surface area contributed by atoms with Gasteiger partial charge in [-0.05, 0) is 43.5 Å². The summed E-state index contributed by atoms with van der Waals surface area (Å²) in [7, 11) is 1.77. The van der Waals surface area contributed by atoms with Crippen LogP contribution in [0.2, 0.25) is 0 Å². The Morgan fingerprint density at radius 1 is 1.19 bits per heavy atom. The molecule has 7 heteroatoms. The number of nitrogens with one attached hydrogen (secondary N) is 2. The molecule has 1 aromatic heterocycles. The van der Waals surface area contributed by atoms with Gasteiger partial charge in [-0.3, -0.25) is 4.99 Å². The van der Waals surface area contributed by atoms with E-state index in [1.807, 2.05) is 12.1 Å². The first-order valence-corrected chi connectivity index (χ1v) is 10.4. The third-order valence-corrected chi connectivity index (χ3v) is 6.10. The van der Waals surface area contributed by atoms with E-state index in [1.54, 1.807) is 18.4 Å². The molecule has 2 heterocycles. The lowest BCUT2D eigenvalue weighted by molar-refractivity contribution is 0.184. The van der Waals surface area contributed by atoms with Gasteiger partial charge in [-0.2, -0.15) is 0 Å². The fourth-order valence-corrected chi connectivity index (χ4v) is 4.42. The Hall–Kier alpha value is -0.900. The van der Waals surface area contributed by atoms with Crippen LogP contribution in [-0.2, 0) is 0 Å². The van der Waals surface area contributed by atoms with Crippen molar-refractivity contribution in [2.45, 2.75) is 31.8 Å². The van der Waals surface area contributed by atoms with Crippen molar-refractivity contribution in [1.82, 2.24) is 15.5 Å². The third kappa shape index (κ3) is 6.89. The van der Waals surface area contributed by atoms with Crippen molar-refractivity contribution >= 4 is 51.4 Å².